The van der Waals surface area contributed by atoms with Crippen LogP contribution in [-0.4, -0.2) is 13.1 Å². The Morgan fingerprint density at radius 1 is 1.50 bits per heavy atom. The van der Waals surface area contributed by atoms with Crippen LogP contribution in [0.5, 0.6) is 0 Å². The van der Waals surface area contributed by atoms with E-state index in [4.69, 9.17) is 0 Å². The summed E-state index contributed by atoms with van der Waals surface area (Å²) in [6.07, 6.45) is 2.20. The summed E-state index contributed by atoms with van der Waals surface area (Å²) in [4.78, 5) is 1.43. The van der Waals surface area contributed by atoms with Gasteiger partial charge in [0.15, 0.2) is 0 Å². The predicted octanol–water partition coefficient (Wildman–Crippen LogP) is 3.61. The van der Waals surface area contributed by atoms with Gasteiger partial charge in [-0.2, -0.15) is 0 Å². The molecule has 1 aromatic heterocycles. The lowest BCUT2D eigenvalue weighted by Crippen LogP contribution is -2.18. The molecule has 0 aliphatic rings. The fraction of sp³-hybridized carbons (Fsp3) is 0.455. The molecule has 1 N–H and O–H groups in total. The van der Waals surface area contributed by atoms with Gasteiger partial charge in [-0.3, -0.25) is 0 Å². The average molecular weight is 274 g/mol. The quantitative estimate of drug-likeness (QED) is 0.617. The number of hydrogen-bond donors (Lipinski definition) is 1. The van der Waals surface area contributed by atoms with Gasteiger partial charge in [-0.1, -0.05) is 5.57 Å². The van der Waals surface area contributed by atoms with E-state index in [1.165, 1.54) is 14.2 Å². The zero-order valence-electron chi connectivity index (χ0n) is 8.48. The molecule has 0 aliphatic heterocycles. The highest BCUT2D eigenvalue weighted by Crippen LogP contribution is 2.21. The largest absolute Gasteiger partial charge is 0.316 e. The molecule has 0 atom stereocenters. The molecular weight excluding hydrogens is 258 g/mol. The number of nitrogens with one attached hydrogen (secondary N) is 1. The Labute approximate surface area is 98.4 Å². The maximum Gasteiger partial charge on any atom is 0.0701 e. The Kier molecular flexibility index (Phi) is 5.45. The molecule has 0 bridgehead atoms. The summed E-state index contributed by atoms with van der Waals surface area (Å²) in [6.45, 7) is 8.04. The molecule has 1 heterocycles. The van der Waals surface area contributed by atoms with E-state index in [2.05, 4.69) is 46.9 Å². The van der Waals surface area contributed by atoms with Crippen LogP contribution in [0.25, 0.3) is 0 Å². The molecule has 0 spiro atoms. The maximum atomic E-state index is 3.87. The lowest BCUT2D eigenvalue weighted by atomic mass is 10.2. The van der Waals surface area contributed by atoms with Crippen molar-refractivity contribution in [3.63, 3.8) is 0 Å². The normalized spacial score (nSPS) is 10.4. The second-order valence-corrected chi connectivity index (χ2v) is 5.96. The lowest BCUT2D eigenvalue weighted by molar-refractivity contribution is 0.683. The van der Waals surface area contributed by atoms with E-state index in [9.17, 15) is 0 Å². The van der Waals surface area contributed by atoms with E-state index >= 15 is 0 Å². The Balaban J connectivity index is 2.07. The molecule has 0 saturated heterocycles. The molecule has 0 aromatic carbocycles. The summed E-state index contributed by atoms with van der Waals surface area (Å²) in [5, 5.41) is 3.40. The van der Waals surface area contributed by atoms with Crippen molar-refractivity contribution in [3.05, 3.63) is 32.9 Å². The second-order valence-electron chi connectivity index (χ2n) is 3.41. The Hall–Kier alpha value is -0.120. The van der Waals surface area contributed by atoms with Crippen molar-refractivity contribution in [1.82, 2.24) is 5.32 Å². The minimum absolute atomic E-state index is 1.04. The predicted molar refractivity (Wildman–Crippen MR) is 68.0 cm³/mol. The molecule has 1 aromatic rings. The number of thiophene rings is 1. The van der Waals surface area contributed by atoms with Crippen molar-refractivity contribution in [2.45, 2.75) is 19.8 Å². The van der Waals surface area contributed by atoms with Crippen molar-refractivity contribution < 1.29 is 0 Å². The summed E-state index contributed by atoms with van der Waals surface area (Å²) in [6, 6.07) is 4.28. The van der Waals surface area contributed by atoms with E-state index in [-0.39, 0.29) is 0 Å². The Morgan fingerprint density at radius 3 is 2.86 bits per heavy atom. The van der Waals surface area contributed by atoms with Gasteiger partial charge < -0.3 is 5.32 Å². The first kappa shape index (κ1) is 12.0. The molecule has 0 amide bonds. The molecule has 1 nitrogen and oxygen atoms in total. The van der Waals surface area contributed by atoms with E-state index in [1.807, 2.05) is 11.3 Å². The highest BCUT2D eigenvalue weighted by molar-refractivity contribution is 9.11. The maximum absolute atomic E-state index is 3.87. The highest BCUT2D eigenvalue weighted by Gasteiger charge is 1.96. The Bertz CT molecular complexity index is 293. The summed E-state index contributed by atoms with van der Waals surface area (Å²) < 4.78 is 1.22. The standard InChI is InChI=1S/C11H16BrNS/c1-9(2)5-7-13-8-6-10-3-4-11(12)14-10/h3-4,13H,1,5-8H2,2H3. The van der Waals surface area contributed by atoms with Gasteiger partial charge in [-0.25, -0.2) is 0 Å². The minimum Gasteiger partial charge on any atom is -0.316 e. The molecule has 0 radical (unpaired) electrons. The van der Waals surface area contributed by atoms with E-state index in [1.54, 1.807) is 0 Å². The first-order chi connectivity index (χ1) is 6.68. The molecule has 0 saturated carbocycles. The van der Waals surface area contributed by atoms with Crippen LogP contribution in [0.2, 0.25) is 0 Å². The van der Waals surface area contributed by atoms with Crippen LogP contribution in [-0.2, 0) is 6.42 Å². The number of halogens is 1. The molecule has 0 fully saturated rings. The summed E-state index contributed by atoms with van der Waals surface area (Å²) in [7, 11) is 0. The topological polar surface area (TPSA) is 12.0 Å². The average Bonchev–Trinajstić information content (AvgIpc) is 2.50. The Morgan fingerprint density at radius 2 is 2.29 bits per heavy atom. The van der Waals surface area contributed by atoms with Gasteiger partial charge in [-0.15, -0.1) is 17.9 Å². The zero-order valence-corrected chi connectivity index (χ0v) is 10.9. The second kappa shape index (κ2) is 6.38. The van der Waals surface area contributed by atoms with Gasteiger partial charge >= 0.3 is 0 Å². The van der Waals surface area contributed by atoms with Gasteiger partial charge in [0.1, 0.15) is 0 Å². The lowest BCUT2D eigenvalue weighted by Gasteiger charge is -2.02. The molecule has 14 heavy (non-hydrogen) atoms. The van der Waals surface area contributed by atoms with Gasteiger partial charge in [0, 0.05) is 4.88 Å². The van der Waals surface area contributed by atoms with Crippen molar-refractivity contribution >= 4 is 27.3 Å². The van der Waals surface area contributed by atoms with Crippen molar-refractivity contribution in [2.75, 3.05) is 13.1 Å². The van der Waals surface area contributed by atoms with Crippen LogP contribution in [0, 0.1) is 0 Å². The van der Waals surface area contributed by atoms with E-state index < -0.39 is 0 Å². The number of rotatable bonds is 6. The van der Waals surface area contributed by atoms with Gasteiger partial charge in [0.2, 0.25) is 0 Å². The van der Waals surface area contributed by atoms with Crippen LogP contribution in [0.4, 0.5) is 0 Å². The van der Waals surface area contributed by atoms with Gasteiger partial charge in [0.25, 0.3) is 0 Å². The van der Waals surface area contributed by atoms with Crippen molar-refractivity contribution in [3.8, 4) is 0 Å². The van der Waals surface area contributed by atoms with Gasteiger partial charge in [-0.05, 0) is 60.9 Å². The molecule has 0 unspecified atom stereocenters. The van der Waals surface area contributed by atoms with Crippen LogP contribution < -0.4 is 5.32 Å². The van der Waals surface area contributed by atoms with Crippen LogP contribution >= 0.6 is 27.3 Å². The molecule has 78 valence electrons. The third kappa shape index (κ3) is 4.94. The zero-order chi connectivity index (χ0) is 10.4. The third-order valence-electron chi connectivity index (χ3n) is 1.91. The van der Waals surface area contributed by atoms with Crippen LogP contribution in [0.3, 0.4) is 0 Å². The summed E-state index contributed by atoms with van der Waals surface area (Å²) >= 11 is 5.27. The summed E-state index contributed by atoms with van der Waals surface area (Å²) in [5.41, 5.74) is 1.25. The number of hydrogen-bond acceptors (Lipinski definition) is 2. The summed E-state index contributed by atoms with van der Waals surface area (Å²) in [5.74, 6) is 0. The first-order valence-electron chi connectivity index (χ1n) is 4.78. The first-order valence-corrected chi connectivity index (χ1v) is 6.39. The van der Waals surface area contributed by atoms with E-state index in [0.29, 0.717) is 0 Å². The molecule has 3 heteroatoms. The van der Waals surface area contributed by atoms with Crippen molar-refractivity contribution in [2.24, 2.45) is 0 Å². The highest BCUT2D eigenvalue weighted by atomic mass is 79.9. The molecule has 0 aliphatic carbocycles. The fourth-order valence-electron chi connectivity index (χ4n) is 1.12. The van der Waals surface area contributed by atoms with Gasteiger partial charge in [0.05, 0.1) is 3.79 Å². The molecule has 1 rings (SSSR count). The van der Waals surface area contributed by atoms with Crippen LogP contribution in [0.1, 0.15) is 18.2 Å². The smallest absolute Gasteiger partial charge is 0.0701 e. The monoisotopic (exact) mass is 273 g/mol. The molecular formula is C11H16BrNS. The van der Waals surface area contributed by atoms with Crippen molar-refractivity contribution in [1.29, 1.82) is 0 Å². The van der Waals surface area contributed by atoms with E-state index in [0.717, 1.165) is 25.9 Å². The minimum atomic E-state index is 1.04. The SMILES string of the molecule is C=C(C)CCNCCc1ccc(Br)s1. The fourth-order valence-corrected chi connectivity index (χ4v) is 2.61. The van der Waals surface area contributed by atoms with Crippen LogP contribution in [0.15, 0.2) is 28.1 Å². The third-order valence-corrected chi connectivity index (χ3v) is 3.59.